The molecule has 152 valence electrons. The first-order chi connectivity index (χ1) is 13.8. The summed E-state index contributed by atoms with van der Waals surface area (Å²) >= 11 is 0. The van der Waals surface area contributed by atoms with Gasteiger partial charge in [-0.1, -0.05) is 63.2 Å². The molecule has 0 radical (unpaired) electrons. The van der Waals surface area contributed by atoms with Gasteiger partial charge >= 0.3 is 5.63 Å². The molecule has 0 atom stereocenters. The molecule has 5 nitrogen and oxygen atoms in total. The lowest BCUT2D eigenvalue weighted by Gasteiger charge is -2.30. The quantitative estimate of drug-likeness (QED) is 0.469. The molecule has 0 aliphatic carbocycles. The Bertz CT molecular complexity index is 1020. The Morgan fingerprint density at radius 3 is 2.45 bits per heavy atom. The van der Waals surface area contributed by atoms with Crippen molar-refractivity contribution in [1.82, 2.24) is 4.90 Å². The molecule has 0 fully saturated rings. The van der Waals surface area contributed by atoms with Crippen LogP contribution < -0.4 is 10.9 Å². The minimum atomic E-state index is -0.434. The van der Waals surface area contributed by atoms with Gasteiger partial charge < -0.3 is 14.6 Å². The van der Waals surface area contributed by atoms with E-state index in [0.29, 0.717) is 25.2 Å². The molecule has 0 saturated carbocycles. The van der Waals surface area contributed by atoms with Crippen molar-refractivity contribution in [3.63, 3.8) is 0 Å². The molecule has 1 N–H and O–H groups in total. The van der Waals surface area contributed by atoms with Gasteiger partial charge in [-0.3, -0.25) is 4.79 Å². The first kappa shape index (κ1) is 20.6. The van der Waals surface area contributed by atoms with Crippen molar-refractivity contribution in [3.05, 3.63) is 76.6 Å². The second kappa shape index (κ2) is 8.95. The van der Waals surface area contributed by atoms with E-state index in [4.69, 9.17) is 4.42 Å². The third-order valence-electron chi connectivity index (χ3n) is 4.72. The van der Waals surface area contributed by atoms with Crippen LogP contribution in [0.5, 0.6) is 0 Å². The lowest BCUT2D eigenvalue weighted by molar-refractivity contribution is -0.140. The van der Waals surface area contributed by atoms with Crippen LogP contribution in [0.2, 0.25) is 0 Å². The van der Waals surface area contributed by atoms with Gasteiger partial charge in [0.2, 0.25) is 5.91 Å². The number of benzene rings is 2. The van der Waals surface area contributed by atoms with Crippen LogP contribution in [0.25, 0.3) is 11.0 Å². The average Bonchev–Trinajstić information content (AvgIpc) is 2.69. The summed E-state index contributed by atoms with van der Waals surface area (Å²) in [5, 5.41) is 4.20. The fourth-order valence-corrected chi connectivity index (χ4v) is 3.28. The summed E-state index contributed by atoms with van der Waals surface area (Å²) in [7, 11) is 0. The summed E-state index contributed by atoms with van der Waals surface area (Å²) in [5.74, 6) is 0.132. The number of carbonyl (C=O) groups excluding carboxylic acids is 1. The van der Waals surface area contributed by atoms with E-state index in [0.717, 1.165) is 23.1 Å². The fraction of sp³-hybridized carbons (Fsp3) is 0.333. The highest BCUT2D eigenvalue weighted by Crippen LogP contribution is 2.22. The number of nitrogens with zero attached hydrogens (tertiary/aromatic N) is 1. The first-order valence-electron chi connectivity index (χ1n) is 9.95. The zero-order chi connectivity index (χ0) is 20.9. The second-order valence-electron chi connectivity index (χ2n) is 8.22. The molecule has 5 heteroatoms. The number of nitrogens with one attached hydrogen (secondary N) is 1. The molecule has 29 heavy (non-hydrogen) atoms. The molecule has 0 saturated heterocycles. The summed E-state index contributed by atoms with van der Waals surface area (Å²) in [6, 6.07) is 19.0. The van der Waals surface area contributed by atoms with Crippen molar-refractivity contribution < 1.29 is 9.21 Å². The molecule has 0 spiro atoms. The van der Waals surface area contributed by atoms with Gasteiger partial charge in [0.1, 0.15) is 5.58 Å². The zero-order valence-corrected chi connectivity index (χ0v) is 17.3. The van der Waals surface area contributed by atoms with Gasteiger partial charge in [-0.2, -0.15) is 0 Å². The van der Waals surface area contributed by atoms with E-state index in [2.05, 4.69) is 5.32 Å². The molecule has 1 aromatic heterocycles. The molecule has 0 unspecified atom stereocenters. The molecular formula is C24H28N2O3. The van der Waals surface area contributed by atoms with Crippen LogP contribution in [0.3, 0.4) is 0 Å². The highest BCUT2D eigenvalue weighted by Gasteiger charge is 2.27. The maximum atomic E-state index is 12.9. The molecule has 0 aliphatic heterocycles. The average molecular weight is 392 g/mol. The number of hydrogen-bond donors (Lipinski definition) is 1. The number of anilines is 1. The maximum Gasteiger partial charge on any atom is 0.338 e. The molecule has 0 bridgehead atoms. The predicted octanol–water partition coefficient (Wildman–Crippen LogP) is 4.67. The zero-order valence-electron chi connectivity index (χ0n) is 17.3. The van der Waals surface area contributed by atoms with Gasteiger partial charge in [-0.25, -0.2) is 4.79 Å². The van der Waals surface area contributed by atoms with Crippen molar-refractivity contribution in [3.8, 4) is 0 Å². The molecule has 1 heterocycles. The Labute approximate surface area is 171 Å². The SMILES string of the molecule is CC(C)(C)C(=O)N(CCCNc1cc(=O)oc2ccccc12)Cc1ccccc1. The van der Waals surface area contributed by atoms with Gasteiger partial charge in [0.05, 0.1) is 5.69 Å². The smallest absolute Gasteiger partial charge is 0.338 e. The first-order valence-corrected chi connectivity index (χ1v) is 9.95. The van der Waals surface area contributed by atoms with Crippen LogP contribution in [0, 0.1) is 5.41 Å². The van der Waals surface area contributed by atoms with Crippen LogP contribution in [0.1, 0.15) is 32.8 Å². The minimum absolute atomic E-state index is 0.132. The summed E-state index contributed by atoms with van der Waals surface area (Å²) in [6.07, 6.45) is 0.767. The third-order valence-corrected chi connectivity index (χ3v) is 4.72. The number of rotatable bonds is 7. The Hall–Kier alpha value is -3.08. The third kappa shape index (κ3) is 5.47. The Morgan fingerprint density at radius 1 is 1.03 bits per heavy atom. The lowest BCUT2D eigenvalue weighted by atomic mass is 9.94. The lowest BCUT2D eigenvalue weighted by Crippen LogP contribution is -2.40. The predicted molar refractivity (Wildman–Crippen MR) is 117 cm³/mol. The van der Waals surface area contributed by atoms with E-state index in [1.807, 2.05) is 74.2 Å². The standard InChI is InChI=1S/C24H28N2O3/c1-24(2,3)23(28)26(17-18-10-5-4-6-11-18)15-9-14-25-20-16-22(27)29-21-13-8-7-12-19(20)21/h4-8,10-13,16,25H,9,14-15,17H2,1-3H3. The van der Waals surface area contributed by atoms with Crippen molar-refractivity contribution in [2.75, 3.05) is 18.4 Å². The van der Waals surface area contributed by atoms with Crippen LogP contribution in [-0.4, -0.2) is 23.9 Å². The van der Waals surface area contributed by atoms with E-state index < -0.39 is 5.41 Å². The van der Waals surface area contributed by atoms with Gasteiger partial charge in [-0.15, -0.1) is 0 Å². The topological polar surface area (TPSA) is 62.6 Å². The van der Waals surface area contributed by atoms with Crippen molar-refractivity contribution in [2.45, 2.75) is 33.7 Å². The van der Waals surface area contributed by atoms with Crippen LogP contribution in [-0.2, 0) is 11.3 Å². The number of carbonyl (C=O) groups is 1. The number of amides is 1. The Kier molecular flexibility index (Phi) is 6.37. The van der Waals surface area contributed by atoms with Crippen LogP contribution >= 0.6 is 0 Å². The number of hydrogen-bond acceptors (Lipinski definition) is 4. The van der Waals surface area contributed by atoms with Gasteiger partial charge in [0.25, 0.3) is 0 Å². The highest BCUT2D eigenvalue weighted by molar-refractivity contribution is 5.89. The Morgan fingerprint density at radius 2 is 1.72 bits per heavy atom. The van der Waals surface area contributed by atoms with E-state index in [1.165, 1.54) is 6.07 Å². The minimum Gasteiger partial charge on any atom is -0.423 e. The molecule has 3 aromatic rings. The molecular weight excluding hydrogens is 364 g/mol. The Balaban J connectivity index is 1.66. The van der Waals surface area contributed by atoms with E-state index in [1.54, 1.807) is 6.07 Å². The van der Waals surface area contributed by atoms with Gasteiger partial charge in [0, 0.05) is 36.5 Å². The fourth-order valence-electron chi connectivity index (χ4n) is 3.28. The summed E-state index contributed by atoms with van der Waals surface area (Å²) < 4.78 is 5.23. The van der Waals surface area contributed by atoms with Gasteiger partial charge in [0.15, 0.2) is 0 Å². The van der Waals surface area contributed by atoms with Gasteiger partial charge in [-0.05, 0) is 24.1 Å². The molecule has 1 amide bonds. The number of fused-ring (bicyclic) bond motifs is 1. The summed E-state index contributed by atoms with van der Waals surface area (Å²) in [6.45, 7) is 7.71. The monoisotopic (exact) mass is 392 g/mol. The van der Waals surface area contributed by atoms with Crippen molar-refractivity contribution in [2.24, 2.45) is 5.41 Å². The molecule has 0 aliphatic rings. The normalized spacial score (nSPS) is 11.4. The van der Waals surface area contributed by atoms with Crippen molar-refractivity contribution in [1.29, 1.82) is 0 Å². The molecule has 3 rings (SSSR count). The summed E-state index contributed by atoms with van der Waals surface area (Å²) in [5.41, 5.74) is 1.63. The van der Waals surface area contributed by atoms with E-state index in [-0.39, 0.29) is 11.5 Å². The van der Waals surface area contributed by atoms with Crippen molar-refractivity contribution >= 4 is 22.6 Å². The highest BCUT2D eigenvalue weighted by atomic mass is 16.4. The number of para-hydroxylation sites is 1. The second-order valence-corrected chi connectivity index (χ2v) is 8.22. The maximum absolute atomic E-state index is 12.9. The van der Waals surface area contributed by atoms with E-state index in [9.17, 15) is 9.59 Å². The van der Waals surface area contributed by atoms with E-state index >= 15 is 0 Å². The van der Waals surface area contributed by atoms with Crippen LogP contribution in [0.4, 0.5) is 5.69 Å². The summed E-state index contributed by atoms with van der Waals surface area (Å²) in [4.78, 5) is 26.6. The molecule has 2 aromatic carbocycles. The largest absolute Gasteiger partial charge is 0.423 e. The van der Waals surface area contributed by atoms with Crippen LogP contribution in [0.15, 0.2) is 69.9 Å².